The number of hydrogen-bond acceptors (Lipinski definition) is 4. The van der Waals surface area contributed by atoms with Crippen LogP contribution in [0.4, 0.5) is 5.69 Å². The largest absolute Gasteiger partial charge is 0.492 e. The van der Waals surface area contributed by atoms with Gasteiger partial charge in [0.15, 0.2) is 0 Å². The van der Waals surface area contributed by atoms with Gasteiger partial charge in [-0.1, -0.05) is 67.4 Å². The fourth-order valence-electron chi connectivity index (χ4n) is 3.58. The van der Waals surface area contributed by atoms with E-state index < -0.39 is 22.0 Å². The van der Waals surface area contributed by atoms with E-state index in [0.29, 0.717) is 18.0 Å². The minimum Gasteiger partial charge on any atom is -0.492 e. The number of nitrogens with one attached hydrogen (secondary N) is 2. The zero-order valence-electron chi connectivity index (χ0n) is 20.0. The molecule has 0 fully saturated rings. The van der Waals surface area contributed by atoms with Crippen molar-refractivity contribution in [3.63, 3.8) is 0 Å². The summed E-state index contributed by atoms with van der Waals surface area (Å²) in [5, 5.41) is 3.03. The molecule has 0 aliphatic heterocycles. The Bertz CT molecular complexity index is 1220. The van der Waals surface area contributed by atoms with E-state index in [1.165, 1.54) is 23.8 Å². The van der Waals surface area contributed by atoms with E-state index >= 15 is 0 Å². The molecular formula is C27H31ClN2O4S. The minimum atomic E-state index is -4.04. The predicted molar refractivity (Wildman–Crippen MR) is 141 cm³/mol. The smallest absolute Gasteiger partial charge is 0.242 e. The molecule has 0 radical (unpaired) electrons. The summed E-state index contributed by atoms with van der Waals surface area (Å²) in [6.45, 7) is 4.36. The zero-order chi connectivity index (χ0) is 25.3. The molecule has 2 N–H and O–H groups in total. The van der Waals surface area contributed by atoms with Gasteiger partial charge >= 0.3 is 0 Å². The maximum Gasteiger partial charge on any atom is 0.242 e. The monoisotopic (exact) mass is 514 g/mol. The van der Waals surface area contributed by atoms with Crippen LogP contribution in [-0.2, 0) is 27.7 Å². The van der Waals surface area contributed by atoms with Crippen molar-refractivity contribution < 1.29 is 17.9 Å². The number of unbranched alkanes of at least 4 members (excludes halogenated alkanes) is 1. The van der Waals surface area contributed by atoms with Crippen LogP contribution in [-0.4, -0.2) is 27.0 Å². The van der Waals surface area contributed by atoms with Crippen LogP contribution in [0.15, 0.2) is 77.7 Å². The molecule has 3 aromatic carbocycles. The second-order valence-electron chi connectivity index (χ2n) is 8.18. The Labute approximate surface area is 212 Å². The molecule has 0 bridgehead atoms. The summed E-state index contributed by atoms with van der Waals surface area (Å²) in [5.41, 5.74) is 2.63. The lowest BCUT2D eigenvalue weighted by molar-refractivity contribution is -0.117. The second-order valence-corrected chi connectivity index (χ2v) is 10.3. The van der Waals surface area contributed by atoms with Gasteiger partial charge in [-0.05, 0) is 67.6 Å². The highest BCUT2D eigenvalue weighted by molar-refractivity contribution is 7.89. The van der Waals surface area contributed by atoms with Crippen LogP contribution in [0, 0.1) is 0 Å². The Balaban J connectivity index is 1.81. The van der Waals surface area contributed by atoms with Crippen LogP contribution < -0.4 is 14.8 Å². The molecule has 186 valence electrons. The first-order chi connectivity index (χ1) is 16.8. The highest BCUT2D eigenvalue weighted by Crippen LogP contribution is 2.27. The first-order valence-electron chi connectivity index (χ1n) is 11.7. The molecule has 0 aliphatic rings. The lowest BCUT2D eigenvalue weighted by Gasteiger charge is -2.19. The first-order valence-corrected chi connectivity index (χ1v) is 13.6. The molecular weight excluding hydrogens is 484 g/mol. The first kappa shape index (κ1) is 26.7. The summed E-state index contributed by atoms with van der Waals surface area (Å²) in [7, 11) is -4.04. The highest BCUT2D eigenvalue weighted by Gasteiger charge is 2.27. The van der Waals surface area contributed by atoms with Crippen LogP contribution in [0.25, 0.3) is 0 Å². The Kier molecular flexibility index (Phi) is 9.72. The number of ether oxygens (including phenoxy) is 1. The summed E-state index contributed by atoms with van der Waals surface area (Å²) in [4.78, 5) is 13.2. The molecule has 0 aromatic heterocycles. The van der Waals surface area contributed by atoms with Gasteiger partial charge < -0.3 is 10.1 Å². The third kappa shape index (κ3) is 7.82. The molecule has 35 heavy (non-hydrogen) atoms. The van der Waals surface area contributed by atoms with E-state index in [2.05, 4.69) is 17.0 Å². The van der Waals surface area contributed by atoms with E-state index in [0.717, 1.165) is 24.8 Å². The van der Waals surface area contributed by atoms with Gasteiger partial charge in [-0.2, -0.15) is 4.72 Å². The topological polar surface area (TPSA) is 84.5 Å². The van der Waals surface area contributed by atoms with Crippen molar-refractivity contribution in [3.8, 4) is 5.75 Å². The average Bonchev–Trinajstić information content (AvgIpc) is 2.85. The number of amides is 1. The fraction of sp³-hybridized carbons (Fsp3) is 0.296. The van der Waals surface area contributed by atoms with Gasteiger partial charge in [0.05, 0.1) is 16.5 Å². The van der Waals surface area contributed by atoms with Crippen molar-refractivity contribution >= 4 is 33.2 Å². The number of sulfonamides is 1. The quantitative estimate of drug-likeness (QED) is 0.329. The van der Waals surface area contributed by atoms with Crippen LogP contribution >= 0.6 is 11.6 Å². The van der Waals surface area contributed by atoms with Crippen molar-refractivity contribution in [3.05, 3.63) is 88.9 Å². The van der Waals surface area contributed by atoms with E-state index in [1.807, 2.05) is 61.5 Å². The van der Waals surface area contributed by atoms with Gasteiger partial charge in [-0.3, -0.25) is 4.79 Å². The summed E-state index contributed by atoms with van der Waals surface area (Å²) in [6.07, 6.45) is 3.37. The van der Waals surface area contributed by atoms with Crippen LogP contribution in [0.5, 0.6) is 5.75 Å². The number of halogens is 1. The van der Waals surface area contributed by atoms with E-state index in [1.54, 1.807) is 0 Å². The van der Waals surface area contributed by atoms with Gasteiger partial charge in [0, 0.05) is 5.69 Å². The van der Waals surface area contributed by atoms with Crippen LogP contribution in [0.1, 0.15) is 37.8 Å². The normalized spacial score (nSPS) is 12.2. The van der Waals surface area contributed by atoms with Crippen molar-refractivity contribution in [2.45, 2.75) is 50.5 Å². The molecule has 3 rings (SSSR count). The molecule has 0 saturated heterocycles. The number of rotatable bonds is 12. The number of aryl methyl sites for hydroxylation is 1. The number of carbonyl (C=O) groups excluding carboxylic acids is 1. The Morgan fingerprint density at radius 1 is 0.971 bits per heavy atom. The summed E-state index contributed by atoms with van der Waals surface area (Å²) < 4.78 is 34.3. The molecule has 0 spiro atoms. The minimum absolute atomic E-state index is 0.0444. The molecule has 8 heteroatoms. The summed E-state index contributed by atoms with van der Waals surface area (Å²) in [5.74, 6) is -0.0511. The molecule has 3 aromatic rings. The van der Waals surface area contributed by atoms with E-state index in [-0.39, 0.29) is 16.3 Å². The van der Waals surface area contributed by atoms with Crippen molar-refractivity contribution in [2.75, 3.05) is 11.9 Å². The molecule has 0 heterocycles. The van der Waals surface area contributed by atoms with Crippen LogP contribution in [0.2, 0.25) is 5.02 Å². The van der Waals surface area contributed by atoms with Crippen molar-refractivity contribution in [1.82, 2.24) is 4.72 Å². The van der Waals surface area contributed by atoms with Gasteiger partial charge in [0.2, 0.25) is 15.9 Å². The standard InChI is InChI=1S/C27H31ClN2O4S/c1-3-5-9-20-12-14-22(15-13-20)29-27(31)25(18-21-10-7-6-8-11-21)30-35(32,33)23-16-17-26(34-4-2)24(28)19-23/h6-8,10-17,19,25,30H,3-5,9,18H2,1-2H3,(H,29,31)/t25-/m0/s1. The number of anilines is 1. The maximum atomic E-state index is 13.2. The van der Waals surface area contributed by atoms with Gasteiger partial charge in [0.25, 0.3) is 0 Å². The van der Waals surface area contributed by atoms with Gasteiger partial charge in [0.1, 0.15) is 11.8 Å². The highest BCUT2D eigenvalue weighted by atomic mass is 35.5. The lowest BCUT2D eigenvalue weighted by atomic mass is 10.1. The molecule has 6 nitrogen and oxygen atoms in total. The molecule has 0 aliphatic carbocycles. The summed E-state index contributed by atoms with van der Waals surface area (Å²) in [6, 6.07) is 20.1. The average molecular weight is 515 g/mol. The molecule has 1 atom stereocenters. The Morgan fingerprint density at radius 2 is 1.69 bits per heavy atom. The number of benzene rings is 3. The Morgan fingerprint density at radius 3 is 2.31 bits per heavy atom. The molecule has 1 amide bonds. The van der Waals surface area contributed by atoms with Crippen molar-refractivity contribution in [2.24, 2.45) is 0 Å². The Hall–Kier alpha value is -2.87. The third-order valence-corrected chi connectivity index (χ3v) is 7.22. The van der Waals surface area contributed by atoms with Gasteiger partial charge in [-0.15, -0.1) is 0 Å². The summed E-state index contributed by atoms with van der Waals surface area (Å²) >= 11 is 6.20. The van der Waals surface area contributed by atoms with E-state index in [9.17, 15) is 13.2 Å². The number of carbonyl (C=O) groups is 1. The van der Waals surface area contributed by atoms with Crippen molar-refractivity contribution in [1.29, 1.82) is 0 Å². The van der Waals surface area contributed by atoms with Gasteiger partial charge in [-0.25, -0.2) is 8.42 Å². The molecule has 0 saturated carbocycles. The SMILES string of the molecule is CCCCc1ccc(NC(=O)[C@H](Cc2ccccc2)NS(=O)(=O)c2ccc(OCC)c(Cl)c2)cc1. The zero-order valence-corrected chi connectivity index (χ0v) is 21.5. The lowest BCUT2D eigenvalue weighted by Crippen LogP contribution is -2.45. The predicted octanol–water partition coefficient (Wildman–Crippen LogP) is 5.61. The fourth-order valence-corrected chi connectivity index (χ4v) is 5.10. The molecule has 0 unspecified atom stereocenters. The number of hydrogen-bond donors (Lipinski definition) is 2. The second kappa shape index (κ2) is 12.7. The maximum absolute atomic E-state index is 13.2. The third-order valence-electron chi connectivity index (χ3n) is 5.45. The van der Waals surface area contributed by atoms with E-state index in [4.69, 9.17) is 16.3 Å². The van der Waals surface area contributed by atoms with Crippen LogP contribution in [0.3, 0.4) is 0 Å².